The standard InChI is InChI=1S/C17H20FN3O3/c1-11-9-16(20-24-11)19-17(22)12(2)21-7-8-23-15(10-21)13-3-5-14(18)6-4-13/h3-6,9,12,15H,7-8,10H2,1-2H3,(H,19,20,22)/t12-,15+/m0/s1. The Labute approximate surface area is 139 Å². The summed E-state index contributed by atoms with van der Waals surface area (Å²) < 4.78 is 23.8. The van der Waals surface area contributed by atoms with Crippen molar-refractivity contribution in [3.8, 4) is 0 Å². The Kier molecular flexibility index (Phi) is 4.92. The Morgan fingerprint density at radius 1 is 1.42 bits per heavy atom. The van der Waals surface area contributed by atoms with E-state index in [1.807, 2.05) is 11.8 Å². The summed E-state index contributed by atoms with van der Waals surface area (Å²) in [5, 5.41) is 6.51. The van der Waals surface area contributed by atoms with Gasteiger partial charge in [0.2, 0.25) is 5.91 Å². The summed E-state index contributed by atoms with van der Waals surface area (Å²) in [5.41, 5.74) is 0.904. The number of ether oxygens (including phenoxy) is 1. The van der Waals surface area contributed by atoms with Gasteiger partial charge in [-0.2, -0.15) is 0 Å². The first kappa shape index (κ1) is 16.6. The third kappa shape index (κ3) is 3.80. The van der Waals surface area contributed by atoms with Crippen molar-refractivity contribution in [3.63, 3.8) is 0 Å². The van der Waals surface area contributed by atoms with E-state index in [-0.39, 0.29) is 23.9 Å². The van der Waals surface area contributed by atoms with Crippen molar-refractivity contribution in [2.75, 3.05) is 25.0 Å². The second-order valence-electron chi connectivity index (χ2n) is 5.89. The molecular weight excluding hydrogens is 313 g/mol. The van der Waals surface area contributed by atoms with Gasteiger partial charge in [0.25, 0.3) is 0 Å². The molecule has 1 aromatic heterocycles. The Balaban J connectivity index is 1.62. The van der Waals surface area contributed by atoms with Crippen LogP contribution in [0.3, 0.4) is 0 Å². The third-order valence-corrected chi connectivity index (χ3v) is 4.15. The van der Waals surface area contributed by atoms with Gasteiger partial charge in [-0.3, -0.25) is 9.69 Å². The molecule has 3 rings (SSSR count). The molecule has 24 heavy (non-hydrogen) atoms. The van der Waals surface area contributed by atoms with Crippen molar-refractivity contribution < 1.29 is 18.4 Å². The number of benzene rings is 1. The molecule has 7 heteroatoms. The number of amides is 1. The van der Waals surface area contributed by atoms with Gasteiger partial charge >= 0.3 is 0 Å². The van der Waals surface area contributed by atoms with E-state index >= 15 is 0 Å². The molecule has 1 amide bonds. The minimum Gasteiger partial charge on any atom is -0.371 e. The van der Waals surface area contributed by atoms with Crippen LogP contribution in [-0.2, 0) is 9.53 Å². The van der Waals surface area contributed by atoms with Crippen molar-refractivity contribution in [3.05, 3.63) is 47.5 Å². The smallest absolute Gasteiger partial charge is 0.242 e. The number of carbonyl (C=O) groups excluding carboxylic acids is 1. The molecule has 0 saturated carbocycles. The van der Waals surface area contributed by atoms with Crippen LogP contribution in [0.5, 0.6) is 0 Å². The molecule has 0 unspecified atom stereocenters. The van der Waals surface area contributed by atoms with Gasteiger partial charge in [-0.05, 0) is 31.5 Å². The van der Waals surface area contributed by atoms with Crippen LogP contribution in [0.15, 0.2) is 34.9 Å². The van der Waals surface area contributed by atoms with Crippen LogP contribution in [-0.4, -0.2) is 41.7 Å². The summed E-state index contributed by atoms with van der Waals surface area (Å²) >= 11 is 0. The number of carbonyl (C=O) groups is 1. The van der Waals surface area contributed by atoms with E-state index in [1.165, 1.54) is 12.1 Å². The maximum atomic E-state index is 13.1. The number of hydrogen-bond acceptors (Lipinski definition) is 5. The molecule has 0 bridgehead atoms. The normalized spacial score (nSPS) is 19.9. The fourth-order valence-corrected chi connectivity index (χ4v) is 2.72. The van der Waals surface area contributed by atoms with E-state index < -0.39 is 0 Å². The molecular formula is C17H20FN3O3. The number of nitrogens with zero attached hydrogens (tertiary/aromatic N) is 2. The Hall–Kier alpha value is -2.25. The van der Waals surface area contributed by atoms with E-state index in [0.717, 1.165) is 5.56 Å². The van der Waals surface area contributed by atoms with Gasteiger partial charge < -0.3 is 14.6 Å². The topological polar surface area (TPSA) is 67.6 Å². The number of morpholine rings is 1. The number of halogens is 1. The lowest BCUT2D eigenvalue weighted by molar-refractivity contribution is -0.124. The third-order valence-electron chi connectivity index (χ3n) is 4.15. The predicted molar refractivity (Wildman–Crippen MR) is 86.0 cm³/mol. The van der Waals surface area contributed by atoms with Crippen molar-refractivity contribution in [1.29, 1.82) is 0 Å². The fraction of sp³-hybridized carbons (Fsp3) is 0.412. The first-order valence-corrected chi connectivity index (χ1v) is 7.88. The van der Waals surface area contributed by atoms with Crippen LogP contribution in [0.4, 0.5) is 10.2 Å². The van der Waals surface area contributed by atoms with Crippen LogP contribution in [0.2, 0.25) is 0 Å². The largest absolute Gasteiger partial charge is 0.371 e. The molecule has 2 heterocycles. The molecule has 6 nitrogen and oxygen atoms in total. The van der Waals surface area contributed by atoms with Crippen LogP contribution in [0.25, 0.3) is 0 Å². The lowest BCUT2D eigenvalue weighted by atomic mass is 10.1. The van der Waals surface area contributed by atoms with Crippen molar-refractivity contribution in [2.24, 2.45) is 0 Å². The highest BCUT2D eigenvalue weighted by atomic mass is 19.1. The molecule has 0 aliphatic carbocycles. The number of aryl methyl sites for hydroxylation is 1. The zero-order valence-electron chi connectivity index (χ0n) is 13.7. The van der Waals surface area contributed by atoms with Crippen LogP contribution < -0.4 is 5.32 Å². The Morgan fingerprint density at radius 2 is 2.17 bits per heavy atom. The monoisotopic (exact) mass is 333 g/mol. The molecule has 128 valence electrons. The van der Waals surface area contributed by atoms with E-state index in [0.29, 0.717) is 31.3 Å². The van der Waals surface area contributed by atoms with Gasteiger partial charge in [-0.1, -0.05) is 17.3 Å². The van der Waals surface area contributed by atoms with E-state index in [1.54, 1.807) is 25.1 Å². The molecule has 0 spiro atoms. The SMILES string of the molecule is Cc1cc(NC(=O)[C@H](C)N2CCO[C@@H](c3ccc(F)cc3)C2)no1. The van der Waals surface area contributed by atoms with Crippen molar-refractivity contribution in [1.82, 2.24) is 10.1 Å². The van der Waals surface area contributed by atoms with Gasteiger partial charge in [0.15, 0.2) is 5.82 Å². The summed E-state index contributed by atoms with van der Waals surface area (Å²) in [6, 6.07) is 7.60. The van der Waals surface area contributed by atoms with Crippen LogP contribution >= 0.6 is 0 Å². The molecule has 1 aromatic carbocycles. The van der Waals surface area contributed by atoms with Gasteiger partial charge in [-0.15, -0.1) is 0 Å². The number of hydrogen-bond donors (Lipinski definition) is 1. The second-order valence-corrected chi connectivity index (χ2v) is 5.89. The highest BCUT2D eigenvalue weighted by Gasteiger charge is 2.29. The zero-order chi connectivity index (χ0) is 17.1. The number of aromatic nitrogens is 1. The van der Waals surface area contributed by atoms with Crippen LogP contribution in [0, 0.1) is 12.7 Å². The number of anilines is 1. The van der Waals surface area contributed by atoms with Gasteiger partial charge in [0, 0.05) is 19.2 Å². The van der Waals surface area contributed by atoms with Crippen molar-refractivity contribution in [2.45, 2.75) is 26.0 Å². The number of rotatable bonds is 4. The number of nitrogens with one attached hydrogen (secondary N) is 1. The second kappa shape index (κ2) is 7.11. The first-order valence-electron chi connectivity index (χ1n) is 7.88. The lowest BCUT2D eigenvalue weighted by Crippen LogP contribution is -2.48. The minimum atomic E-state index is -0.339. The molecule has 2 atom stereocenters. The first-order chi connectivity index (χ1) is 11.5. The van der Waals surface area contributed by atoms with Gasteiger partial charge in [0.1, 0.15) is 11.6 Å². The molecule has 1 N–H and O–H groups in total. The minimum absolute atomic E-state index is 0.150. The fourth-order valence-electron chi connectivity index (χ4n) is 2.72. The quantitative estimate of drug-likeness (QED) is 0.931. The maximum Gasteiger partial charge on any atom is 0.242 e. The summed E-state index contributed by atoms with van der Waals surface area (Å²) in [6.07, 6.45) is -0.177. The Morgan fingerprint density at radius 3 is 2.83 bits per heavy atom. The zero-order valence-corrected chi connectivity index (χ0v) is 13.7. The maximum absolute atomic E-state index is 13.1. The highest BCUT2D eigenvalue weighted by molar-refractivity contribution is 5.93. The van der Waals surface area contributed by atoms with Gasteiger partial charge in [0.05, 0.1) is 18.8 Å². The summed E-state index contributed by atoms with van der Waals surface area (Å²) in [7, 11) is 0. The molecule has 1 aliphatic heterocycles. The van der Waals surface area contributed by atoms with E-state index in [2.05, 4.69) is 10.5 Å². The summed E-state index contributed by atoms with van der Waals surface area (Å²) in [6.45, 7) is 5.35. The van der Waals surface area contributed by atoms with Gasteiger partial charge in [-0.25, -0.2) is 4.39 Å². The summed E-state index contributed by atoms with van der Waals surface area (Å²) in [5.74, 6) is 0.624. The molecule has 1 fully saturated rings. The molecule has 1 aliphatic rings. The average Bonchev–Trinajstić information content (AvgIpc) is 3.00. The average molecular weight is 333 g/mol. The summed E-state index contributed by atoms with van der Waals surface area (Å²) in [4.78, 5) is 14.4. The lowest BCUT2D eigenvalue weighted by Gasteiger charge is -2.36. The Bertz CT molecular complexity index is 701. The van der Waals surface area contributed by atoms with Crippen LogP contribution in [0.1, 0.15) is 24.4 Å². The van der Waals surface area contributed by atoms with E-state index in [9.17, 15) is 9.18 Å². The predicted octanol–water partition coefficient (Wildman–Crippen LogP) is 2.52. The molecule has 2 aromatic rings. The highest BCUT2D eigenvalue weighted by Crippen LogP contribution is 2.24. The van der Waals surface area contributed by atoms with E-state index in [4.69, 9.17) is 9.26 Å². The molecule has 0 radical (unpaired) electrons. The van der Waals surface area contributed by atoms with Crippen molar-refractivity contribution >= 4 is 11.7 Å². The molecule has 1 saturated heterocycles.